The molecule has 0 radical (unpaired) electrons. The van der Waals surface area contributed by atoms with Crippen LogP contribution in [0.25, 0.3) is 0 Å². The molecule has 0 saturated heterocycles. The third kappa shape index (κ3) is 6.04. The van der Waals surface area contributed by atoms with Crippen LogP contribution in [0.5, 0.6) is 0 Å². The van der Waals surface area contributed by atoms with E-state index < -0.39 is 16.8 Å². The Labute approximate surface area is 92.6 Å². The van der Waals surface area contributed by atoms with Gasteiger partial charge in [-0.25, -0.2) is 0 Å². The summed E-state index contributed by atoms with van der Waals surface area (Å²) in [4.78, 5) is 19.7. The highest BCUT2D eigenvalue weighted by Crippen LogP contribution is 2.20. The predicted octanol–water partition coefficient (Wildman–Crippen LogP) is 1.85. The fraction of sp³-hybridized carbons (Fsp3) is 0.714. The molecule has 2 atom stereocenters. The van der Waals surface area contributed by atoms with Crippen molar-refractivity contribution in [3.8, 4) is 0 Å². The maximum absolute atomic E-state index is 10.4. The van der Waals surface area contributed by atoms with Crippen molar-refractivity contribution in [2.75, 3.05) is 0 Å². The summed E-state index contributed by atoms with van der Waals surface area (Å²) < 4.78 is 0. The lowest BCUT2D eigenvalue weighted by molar-refractivity contribution is -0.137. The van der Waals surface area contributed by atoms with E-state index in [2.05, 4.69) is 31.9 Å². The molecular formula is C7H10Br2O4. The molecule has 0 bridgehead atoms. The molecule has 0 spiro atoms. The van der Waals surface area contributed by atoms with Gasteiger partial charge in [0.2, 0.25) is 0 Å². The molecular weight excluding hydrogens is 308 g/mol. The van der Waals surface area contributed by atoms with Gasteiger partial charge in [-0.3, -0.25) is 9.59 Å². The van der Waals surface area contributed by atoms with Gasteiger partial charge in [-0.2, -0.15) is 0 Å². The monoisotopic (exact) mass is 316 g/mol. The largest absolute Gasteiger partial charge is 0.481 e. The van der Waals surface area contributed by atoms with Gasteiger partial charge in [-0.15, -0.1) is 0 Å². The highest BCUT2D eigenvalue weighted by atomic mass is 79.9. The molecule has 0 fully saturated rings. The molecule has 0 heterocycles. The molecule has 0 amide bonds. The second kappa shape index (κ2) is 6.37. The number of rotatable bonds is 6. The van der Waals surface area contributed by atoms with E-state index in [1.807, 2.05) is 0 Å². The van der Waals surface area contributed by atoms with Crippen molar-refractivity contribution in [1.82, 2.24) is 0 Å². The van der Waals surface area contributed by atoms with Gasteiger partial charge in [-0.05, 0) is 12.8 Å². The van der Waals surface area contributed by atoms with E-state index in [-0.39, 0.29) is 11.2 Å². The number of carboxylic acid groups (broad SMARTS) is 2. The molecule has 6 heteroatoms. The summed E-state index contributed by atoms with van der Waals surface area (Å²) in [6.07, 6.45) is 1.07. The standard InChI is InChI=1S/C7H10Br2O4/c8-4(6(9)7(12)13)2-1-3-5(10)11/h4,6H,1-3H2,(H,10,11)(H,12,13). The minimum absolute atomic E-state index is 0.0709. The van der Waals surface area contributed by atoms with Crippen molar-refractivity contribution < 1.29 is 19.8 Å². The Bertz CT molecular complexity index is 195. The van der Waals surface area contributed by atoms with Crippen LogP contribution in [0.3, 0.4) is 0 Å². The zero-order chi connectivity index (χ0) is 10.4. The van der Waals surface area contributed by atoms with Crippen molar-refractivity contribution in [3.63, 3.8) is 0 Å². The van der Waals surface area contributed by atoms with Crippen molar-refractivity contribution in [2.45, 2.75) is 28.9 Å². The SMILES string of the molecule is O=C(O)CCCC(Br)C(Br)C(=O)O. The highest BCUT2D eigenvalue weighted by Gasteiger charge is 2.22. The molecule has 0 aromatic rings. The molecule has 2 unspecified atom stereocenters. The lowest BCUT2D eigenvalue weighted by Crippen LogP contribution is -2.23. The van der Waals surface area contributed by atoms with E-state index in [4.69, 9.17) is 10.2 Å². The van der Waals surface area contributed by atoms with Crippen LogP contribution < -0.4 is 0 Å². The lowest BCUT2D eigenvalue weighted by Gasteiger charge is -2.11. The van der Waals surface area contributed by atoms with Crippen LogP contribution in [0.1, 0.15) is 19.3 Å². The summed E-state index contributed by atoms with van der Waals surface area (Å²) in [6.45, 7) is 0. The molecule has 0 aromatic heterocycles. The molecule has 0 aromatic carbocycles. The molecule has 0 aliphatic heterocycles. The first-order chi connectivity index (χ1) is 5.95. The summed E-state index contributed by atoms with van der Waals surface area (Å²) in [5.74, 6) is -1.81. The summed E-state index contributed by atoms with van der Waals surface area (Å²) >= 11 is 6.15. The van der Waals surface area contributed by atoms with Crippen molar-refractivity contribution >= 4 is 43.8 Å². The van der Waals surface area contributed by atoms with Gasteiger partial charge in [-0.1, -0.05) is 31.9 Å². The molecule has 0 saturated carbocycles. The van der Waals surface area contributed by atoms with Crippen LogP contribution >= 0.6 is 31.9 Å². The molecule has 76 valence electrons. The van der Waals surface area contributed by atoms with Gasteiger partial charge in [0.05, 0.1) is 0 Å². The molecule has 0 aliphatic rings. The molecule has 2 N–H and O–H groups in total. The number of aliphatic carboxylic acids is 2. The average Bonchev–Trinajstić information content (AvgIpc) is 2.02. The quantitative estimate of drug-likeness (QED) is 0.733. The van der Waals surface area contributed by atoms with Gasteiger partial charge in [0.1, 0.15) is 4.83 Å². The maximum atomic E-state index is 10.4. The highest BCUT2D eigenvalue weighted by molar-refractivity contribution is 9.12. The first-order valence-corrected chi connectivity index (χ1v) is 5.51. The molecule has 13 heavy (non-hydrogen) atoms. The fourth-order valence-corrected chi connectivity index (χ4v) is 1.56. The van der Waals surface area contributed by atoms with E-state index in [0.29, 0.717) is 12.8 Å². The third-order valence-electron chi connectivity index (χ3n) is 1.42. The number of carboxylic acids is 2. The fourth-order valence-electron chi connectivity index (χ4n) is 0.749. The summed E-state index contributed by atoms with van der Waals surface area (Å²) in [7, 11) is 0. The zero-order valence-corrected chi connectivity index (χ0v) is 9.91. The van der Waals surface area contributed by atoms with Gasteiger partial charge in [0.15, 0.2) is 0 Å². The Morgan fingerprint density at radius 1 is 1.23 bits per heavy atom. The number of alkyl halides is 2. The van der Waals surface area contributed by atoms with Gasteiger partial charge >= 0.3 is 11.9 Å². The van der Waals surface area contributed by atoms with E-state index in [1.165, 1.54) is 0 Å². The third-order valence-corrected chi connectivity index (χ3v) is 4.15. The van der Waals surface area contributed by atoms with Gasteiger partial charge in [0, 0.05) is 11.2 Å². The minimum atomic E-state index is -0.947. The van der Waals surface area contributed by atoms with E-state index >= 15 is 0 Å². The topological polar surface area (TPSA) is 74.6 Å². The Morgan fingerprint density at radius 3 is 2.15 bits per heavy atom. The molecule has 0 aliphatic carbocycles. The van der Waals surface area contributed by atoms with Crippen molar-refractivity contribution in [1.29, 1.82) is 0 Å². The minimum Gasteiger partial charge on any atom is -0.481 e. The molecule has 4 nitrogen and oxygen atoms in total. The average molecular weight is 318 g/mol. The first-order valence-electron chi connectivity index (χ1n) is 3.68. The number of hydrogen-bond donors (Lipinski definition) is 2. The summed E-state index contributed by atoms with van der Waals surface area (Å²) in [5.41, 5.74) is 0. The van der Waals surface area contributed by atoms with Gasteiger partial charge < -0.3 is 10.2 Å². The van der Waals surface area contributed by atoms with Crippen LogP contribution in [0.4, 0.5) is 0 Å². The van der Waals surface area contributed by atoms with Crippen LogP contribution in [0, 0.1) is 0 Å². The lowest BCUT2D eigenvalue weighted by atomic mass is 10.1. The molecule has 0 rings (SSSR count). The number of halogens is 2. The van der Waals surface area contributed by atoms with Crippen LogP contribution in [0.15, 0.2) is 0 Å². The van der Waals surface area contributed by atoms with Crippen molar-refractivity contribution in [3.05, 3.63) is 0 Å². The number of hydrogen-bond acceptors (Lipinski definition) is 2. The first kappa shape index (κ1) is 12.9. The van der Waals surface area contributed by atoms with Gasteiger partial charge in [0.25, 0.3) is 0 Å². The second-order valence-electron chi connectivity index (χ2n) is 2.54. The Hall–Kier alpha value is -0.100. The zero-order valence-electron chi connectivity index (χ0n) is 6.74. The summed E-state index contributed by atoms with van der Waals surface area (Å²) in [6, 6.07) is 0. The maximum Gasteiger partial charge on any atom is 0.318 e. The smallest absolute Gasteiger partial charge is 0.318 e. The van der Waals surface area contributed by atoms with Crippen LogP contribution in [-0.2, 0) is 9.59 Å². The Kier molecular flexibility index (Phi) is 6.32. The Balaban J connectivity index is 3.67. The second-order valence-corrected chi connectivity index (χ2v) is 4.70. The normalized spacial score (nSPS) is 14.9. The summed E-state index contributed by atoms with van der Waals surface area (Å²) in [5, 5.41) is 16.9. The number of carbonyl (C=O) groups is 2. The van der Waals surface area contributed by atoms with Crippen molar-refractivity contribution in [2.24, 2.45) is 0 Å². The van der Waals surface area contributed by atoms with E-state index in [9.17, 15) is 9.59 Å². The van der Waals surface area contributed by atoms with Crippen LogP contribution in [0.2, 0.25) is 0 Å². The van der Waals surface area contributed by atoms with Crippen LogP contribution in [-0.4, -0.2) is 31.8 Å². The van der Waals surface area contributed by atoms with E-state index in [0.717, 1.165) is 0 Å². The van der Waals surface area contributed by atoms with E-state index in [1.54, 1.807) is 0 Å². The predicted molar refractivity (Wildman–Crippen MR) is 54.6 cm³/mol. The Morgan fingerprint density at radius 2 is 1.77 bits per heavy atom.